The van der Waals surface area contributed by atoms with Gasteiger partial charge < -0.3 is 10.1 Å². The molecule has 0 aliphatic rings. The number of carbonyl (C=O) groups excluding carboxylic acids is 2. The number of carbonyl (C=O) groups is 2. The summed E-state index contributed by atoms with van der Waals surface area (Å²) in [5, 5.41) is 3.86. The van der Waals surface area contributed by atoms with Crippen molar-refractivity contribution < 1.29 is 14.3 Å². The molecule has 0 aliphatic heterocycles. The minimum absolute atomic E-state index is 0.260. The topological polar surface area (TPSA) is 68.3 Å². The normalized spacial score (nSPS) is 10.8. The van der Waals surface area contributed by atoms with Crippen molar-refractivity contribution in [3.8, 4) is 0 Å². The first kappa shape index (κ1) is 20.0. The van der Waals surface area contributed by atoms with Crippen molar-refractivity contribution in [1.29, 1.82) is 0 Å². The maximum absolute atomic E-state index is 12.0. The quantitative estimate of drug-likeness (QED) is 0.438. The van der Waals surface area contributed by atoms with Crippen LogP contribution in [0, 0.1) is 13.8 Å². The summed E-state index contributed by atoms with van der Waals surface area (Å²) in [6.07, 6.45) is 2.73. The van der Waals surface area contributed by atoms with Crippen molar-refractivity contribution in [1.82, 2.24) is 4.98 Å². The van der Waals surface area contributed by atoms with Gasteiger partial charge in [0.1, 0.15) is 0 Å². The molecule has 146 valence electrons. The highest BCUT2D eigenvalue weighted by molar-refractivity contribution is 7.18. The van der Waals surface area contributed by atoms with Gasteiger partial charge in [0.2, 0.25) is 0 Å². The summed E-state index contributed by atoms with van der Waals surface area (Å²) in [6, 6.07) is 13.8. The maximum Gasteiger partial charge on any atom is 0.306 e. The van der Waals surface area contributed by atoms with Gasteiger partial charge in [0.15, 0.2) is 6.61 Å². The van der Waals surface area contributed by atoms with Gasteiger partial charge in [0.05, 0.1) is 15.2 Å². The number of aromatic nitrogens is 1. The fourth-order valence-corrected chi connectivity index (χ4v) is 3.94. The van der Waals surface area contributed by atoms with E-state index >= 15 is 0 Å². The number of thiazole rings is 1. The first-order chi connectivity index (χ1) is 13.5. The van der Waals surface area contributed by atoms with Crippen molar-refractivity contribution in [2.75, 3.05) is 11.9 Å². The maximum atomic E-state index is 12.0. The molecule has 1 heterocycles. The van der Waals surface area contributed by atoms with Crippen LogP contribution < -0.4 is 5.32 Å². The molecule has 1 aromatic heterocycles. The van der Waals surface area contributed by atoms with Crippen LogP contribution >= 0.6 is 11.3 Å². The molecule has 0 atom stereocenters. The highest BCUT2D eigenvalue weighted by atomic mass is 32.1. The van der Waals surface area contributed by atoms with Crippen LogP contribution in [-0.2, 0) is 20.7 Å². The fraction of sp³-hybridized carbons (Fsp3) is 0.318. The second kappa shape index (κ2) is 9.46. The van der Waals surface area contributed by atoms with Gasteiger partial charge in [-0.2, -0.15) is 0 Å². The number of fused-ring (bicyclic) bond motifs is 1. The molecule has 2 aromatic carbocycles. The lowest BCUT2D eigenvalue weighted by Crippen LogP contribution is -2.21. The molecule has 0 saturated carbocycles. The number of benzene rings is 2. The van der Waals surface area contributed by atoms with E-state index in [4.69, 9.17) is 4.74 Å². The summed E-state index contributed by atoms with van der Waals surface area (Å²) in [5.41, 5.74) is 3.88. The Morgan fingerprint density at radius 2 is 1.93 bits per heavy atom. The molecule has 1 amide bonds. The molecule has 0 fully saturated rings. The molecule has 0 aliphatic carbocycles. The number of nitrogens with zero attached hydrogens (tertiary/aromatic N) is 1. The number of hydrogen-bond acceptors (Lipinski definition) is 5. The third-order valence-corrected chi connectivity index (χ3v) is 5.48. The van der Waals surface area contributed by atoms with Gasteiger partial charge in [-0.15, -0.1) is 11.3 Å². The van der Waals surface area contributed by atoms with Gasteiger partial charge in [-0.3, -0.25) is 9.59 Å². The van der Waals surface area contributed by atoms with E-state index in [1.807, 2.05) is 50.2 Å². The van der Waals surface area contributed by atoms with Gasteiger partial charge >= 0.3 is 5.97 Å². The summed E-state index contributed by atoms with van der Waals surface area (Å²) < 4.78 is 6.26. The van der Waals surface area contributed by atoms with Crippen molar-refractivity contribution in [3.05, 3.63) is 58.6 Å². The second-order valence-electron chi connectivity index (χ2n) is 6.81. The Bertz CT molecular complexity index is 948. The van der Waals surface area contributed by atoms with E-state index in [1.54, 1.807) is 11.3 Å². The number of ether oxygens (including phenoxy) is 1. The van der Waals surface area contributed by atoms with E-state index in [2.05, 4.69) is 16.4 Å². The Morgan fingerprint density at radius 3 is 2.71 bits per heavy atom. The van der Waals surface area contributed by atoms with E-state index < -0.39 is 0 Å². The highest BCUT2D eigenvalue weighted by Crippen LogP contribution is 2.23. The van der Waals surface area contributed by atoms with E-state index in [0.717, 1.165) is 40.2 Å². The molecule has 3 aromatic rings. The van der Waals surface area contributed by atoms with Gasteiger partial charge in [-0.25, -0.2) is 4.98 Å². The van der Waals surface area contributed by atoms with Crippen molar-refractivity contribution >= 4 is 39.1 Å². The zero-order chi connectivity index (χ0) is 19.9. The lowest BCUT2D eigenvalue weighted by Gasteiger charge is -2.09. The average Bonchev–Trinajstić information content (AvgIpc) is 3.09. The Labute approximate surface area is 168 Å². The van der Waals surface area contributed by atoms with Gasteiger partial charge in [-0.1, -0.05) is 29.8 Å². The molecule has 5 nitrogen and oxygen atoms in total. The predicted octanol–water partition coefficient (Wildman–Crippen LogP) is 4.81. The molecule has 28 heavy (non-hydrogen) atoms. The lowest BCUT2D eigenvalue weighted by molar-refractivity contribution is -0.147. The van der Waals surface area contributed by atoms with E-state index in [1.165, 1.54) is 4.70 Å². The van der Waals surface area contributed by atoms with E-state index in [-0.39, 0.29) is 18.5 Å². The smallest absolute Gasteiger partial charge is 0.306 e. The third kappa shape index (κ3) is 5.63. The Kier molecular flexibility index (Phi) is 6.76. The summed E-state index contributed by atoms with van der Waals surface area (Å²) in [4.78, 5) is 28.4. The number of esters is 1. The number of aryl methyl sites for hydroxylation is 3. The number of amides is 1. The minimum atomic E-state index is -0.347. The number of hydrogen-bond donors (Lipinski definition) is 1. The molecule has 0 radical (unpaired) electrons. The van der Waals surface area contributed by atoms with Crippen LogP contribution in [0.25, 0.3) is 10.2 Å². The van der Waals surface area contributed by atoms with Crippen molar-refractivity contribution in [3.63, 3.8) is 0 Å². The SMILES string of the molecule is Cc1ccc(NC(=O)COC(=O)CCCCc2nc3ccccc3s2)c(C)c1. The average molecular weight is 397 g/mol. The number of para-hydroxylation sites is 1. The van der Waals surface area contributed by atoms with Crippen LogP contribution in [-0.4, -0.2) is 23.5 Å². The zero-order valence-electron chi connectivity index (χ0n) is 16.2. The number of unbranched alkanes of at least 4 members (excludes halogenated alkanes) is 1. The molecule has 3 rings (SSSR count). The lowest BCUT2D eigenvalue weighted by atomic mass is 10.1. The van der Waals surface area contributed by atoms with Gasteiger partial charge in [0, 0.05) is 12.1 Å². The Balaban J connectivity index is 1.34. The standard InChI is InChI=1S/C22H24N2O3S/c1-15-11-12-17(16(2)13-15)23-20(25)14-27-22(26)10-6-5-9-21-24-18-7-3-4-8-19(18)28-21/h3-4,7-8,11-13H,5-6,9-10,14H2,1-2H3,(H,23,25). The van der Waals surface area contributed by atoms with Crippen LogP contribution in [0.5, 0.6) is 0 Å². The number of nitrogens with one attached hydrogen (secondary N) is 1. The summed E-state index contributed by atoms with van der Waals surface area (Å²) >= 11 is 1.69. The van der Waals surface area contributed by atoms with E-state index in [0.29, 0.717) is 12.8 Å². The first-order valence-electron chi connectivity index (χ1n) is 9.38. The van der Waals surface area contributed by atoms with E-state index in [9.17, 15) is 9.59 Å². The monoisotopic (exact) mass is 396 g/mol. The molecular weight excluding hydrogens is 372 g/mol. The summed E-state index contributed by atoms with van der Waals surface area (Å²) in [6.45, 7) is 3.67. The number of anilines is 1. The summed E-state index contributed by atoms with van der Waals surface area (Å²) in [5.74, 6) is -0.671. The van der Waals surface area contributed by atoms with Crippen molar-refractivity contribution in [2.45, 2.75) is 39.5 Å². The van der Waals surface area contributed by atoms with Crippen molar-refractivity contribution in [2.24, 2.45) is 0 Å². The molecule has 0 spiro atoms. The number of rotatable bonds is 8. The molecular formula is C22H24N2O3S. The second-order valence-corrected chi connectivity index (χ2v) is 7.92. The molecule has 6 heteroatoms. The largest absolute Gasteiger partial charge is 0.456 e. The van der Waals surface area contributed by atoms with Gasteiger partial charge in [-0.05, 0) is 56.9 Å². The molecule has 1 N–H and O–H groups in total. The van der Waals surface area contributed by atoms with Crippen LogP contribution in [0.3, 0.4) is 0 Å². The first-order valence-corrected chi connectivity index (χ1v) is 10.2. The molecule has 0 bridgehead atoms. The summed E-state index contributed by atoms with van der Waals surface area (Å²) in [7, 11) is 0. The Morgan fingerprint density at radius 1 is 1.11 bits per heavy atom. The third-order valence-electron chi connectivity index (χ3n) is 4.38. The van der Waals surface area contributed by atoms with Crippen LogP contribution in [0.15, 0.2) is 42.5 Å². The van der Waals surface area contributed by atoms with Crippen LogP contribution in [0.1, 0.15) is 35.4 Å². The minimum Gasteiger partial charge on any atom is -0.456 e. The predicted molar refractivity (Wildman–Crippen MR) is 113 cm³/mol. The highest BCUT2D eigenvalue weighted by Gasteiger charge is 2.10. The van der Waals surface area contributed by atoms with Crippen LogP contribution in [0.4, 0.5) is 5.69 Å². The zero-order valence-corrected chi connectivity index (χ0v) is 17.0. The van der Waals surface area contributed by atoms with Crippen LogP contribution in [0.2, 0.25) is 0 Å². The Hall–Kier alpha value is -2.73. The molecule has 0 saturated heterocycles. The van der Waals surface area contributed by atoms with Gasteiger partial charge in [0.25, 0.3) is 5.91 Å². The molecule has 0 unspecified atom stereocenters. The fourth-order valence-electron chi connectivity index (χ4n) is 2.93.